The third-order valence-corrected chi connectivity index (χ3v) is 5.02. The number of halogens is 5. The van der Waals surface area contributed by atoms with Gasteiger partial charge in [0.05, 0.1) is 11.5 Å². The number of hydrogen-bond donors (Lipinski definition) is 1. The number of nitrogens with one attached hydrogen (secondary N) is 1. The van der Waals surface area contributed by atoms with Crippen molar-refractivity contribution in [2.75, 3.05) is 23.3 Å². The van der Waals surface area contributed by atoms with Gasteiger partial charge < -0.3 is 15.0 Å². The van der Waals surface area contributed by atoms with Gasteiger partial charge in [-0.2, -0.15) is 31.9 Å². The van der Waals surface area contributed by atoms with Gasteiger partial charge in [0.1, 0.15) is 11.5 Å². The molecule has 0 bridgehead atoms. The molecule has 32 heavy (non-hydrogen) atoms. The molecule has 0 aliphatic carbocycles. The van der Waals surface area contributed by atoms with Gasteiger partial charge >= 0.3 is 12.8 Å². The van der Waals surface area contributed by atoms with Gasteiger partial charge in [0.25, 0.3) is 0 Å². The van der Waals surface area contributed by atoms with Crippen LogP contribution in [-0.2, 0) is 17.5 Å². The van der Waals surface area contributed by atoms with Crippen LogP contribution in [0.25, 0.3) is 11.0 Å². The Morgan fingerprint density at radius 2 is 1.91 bits per heavy atom. The van der Waals surface area contributed by atoms with Crippen LogP contribution in [0.2, 0.25) is 0 Å². The van der Waals surface area contributed by atoms with Crippen LogP contribution in [0.3, 0.4) is 0 Å². The average Bonchev–Trinajstić information content (AvgIpc) is 2.76. The molecule has 3 aromatic rings. The van der Waals surface area contributed by atoms with Crippen molar-refractivity contribution in [1.82, 2.24) is 19.9 Å². The Labute approximate surface area is 179 Å². The van der Waals surface area contributed by atoms with Gasteiger partial charge in [0.2, 0.25) is 5.95 Å². The van der Waals surface area contributed by atoms with E-state index >= 15 is 0 Å². The summed E-state index contributed by atoms with van der Waals surface area (Å²) < 4.78 is 69.7. The molecular weight excluding hydrogens is 435 g/mol. The lowest BCUT2D eigenvalue weighted by Gasteiger charge is -2.32. The predicted octanol–water partition coefficient (Wildman–Crippen LogP) is 4.26. The van der Waals surface area contributed by atoms with E-state index in [1.165, 1.54) is 18.3 Å². The second-order valence-corrected chi connectivity index (χ2v) is 7.22. The predicted molar refractivity (Wildman–Crippen MR) is 106 cm³/mol. The molecule has 4 heterocycles. The van der Waals surface area contributed by atoms with Crippen LogP contribution in [0, 0.1) is 0 Å². The summed E-state index contributed by atoms with van der Waals surface area (Å²) in [4.78, 5) is 18.3. The van der Waals surface area contributed by atoms with E-state index in [1.54, 1.807) is 17.0 Å². The average molecular weight is 454 g/mol. The quantitative estimate of drug-likeness (QED) is 0.558. The summed E-state index contributed by atoms with van der Waals surface area (Å²) in [6.07, 6.45) is -1.56. The molecule has 0 radical (unpaired) electrons. The van der Waals surface area contributed by atoms with Crippen molar-refractivity contribution in [2.24, 2.45) is 0 Å². The largest absolute Gasteiger partial charge is 0.433 e. The number of fused-ring (bicyclic) bond motifs is 1. The molecule has 0 spiro atoms. The molecule has 12 heteroatoms. The highest BCUT2D eigenvalue weighted by molar-refractivity contribution is 5.87. The number of aromatic nitrogens is 4. The molecular formula is C20H19F5N6O. The Balaban J connectivity index is 1.62. The third-order valence-electron chi connectivity index (χ3n) is 5.02. The monoisotopic (exact) mass is 454 g/mol. The molecule has 1 unspecified atom stereocenters. The lowest BCUT2D eigenvalue weighted by atomic mass is 10.1. The molecule has 7 nitrogen and oxygen atoms in total. The topological polar surface area (TPSA) is 76.1 Å². The summed E-state index contributed by atoms with van der Waals surface area (Å²) in [5, 5.41) is 3.45. The molecule has 170 valence electrons. The van der Waals surface area contributed by atoms with Crippen LogP contribution in [0.4, 0.5) is 33.7 Å². The molecule has 0 aromatic carbocycles. The van der Waals surface area contributed by atoms with E-state index in [0.29, 0.717) is 30.4 Å². The van der Waals surface area contributed by atoms with Crippen LogP contribution in [0.1, 0.15) is 24.1 Å². The van der Waals surface area contributed by atoms with Gasteiger partial charge in [-0.3, -0.25) is 4.98 Å². The van der Waals surface area contributed by atoms with E-state index < -0.39 is 24.6 Å². The lowest BCUT2D eigenvalue weighted by molar-refractivity contribution is -0.163. The molecule has 1 atom stereocenters. The summed E-state index contributed by atoms with van der Waals surface area (Å²) in [5.74, 6) is 0.524. The smallest absolute Gasteiger partial charge is 0.365 e. The van der Waals surface area contributed by atoms with Gasteiger partial charge in [0.15, 0.2) is 5.65 Å². The number of nitrogens with zero attached hydrogens (tertiary/aromatic N) is 5. The minimum absolute atomic E-state index is 0.0411. The molecule has 1 aliphatic rings. The van der Waals surface area contributed by atoms with E-state index in [0.717, 1.165) is 6.20 Å². The van der Waals surface area contributed by atoms with Crippen LogP contribution in [0.15, 0.2) is 36.7 Å². The lowest BCUT2D eigenvalue weighted by Crippen LogP contribution is -2.41. The van der Waals surface area contributed by atoms with Crippen molar-refractivity contribution in [3.05, 3.63) is 47.9 Å². The zero-order chi connectivity index (χ0) is 22.7. The van der Waals surface area contributed by atoms with Gasteiger partial charge in [-0.15, -0.1) is 0 Å². The third kappa shape index (κ3) is 5.01. The molecule has 4 rings (SSSR count). The number of hydrogen-bond acceptors (Lipinski definition) is 7. The Morgan fingerprint density at radius 3 is 2.69 bits per heavy atom. The van der Waals surface area contributed by atoms with Crippen LogP contribution in [-0.4, -0.2) is 45.7 Å². The zero-order valence-corrected chi connectivity index (χ0v) is 16.7. The first-order valence-electron chi connectivity index (χ1n) is 9.87. The molecule has 0 saturated carbocycles. The second kappa shape index (κ2) is 9.15. The molecule has 1 N–H and O–H groups in total. The van der Waals surface area contributed by atoms with E-state index in [4.69, 9.17) is 0 Å². The molecule has 1 aliphatic heterocycles. The highest BCUT2D eigenvalue weighted by Gasteiger charge is 2.35. The minimum atomic E-state index is -4.59. The van der Waals surface area contributed by atoms with Gasteiger partial charge in [-0.05, 0) is 31.0 Å². The zero-order valence-electron chi connectivity index (χ0n) is 16.7. The van der Waals surface area contributed by atoms with E-state index in [-0.39, 0.29) is 30.4 Å². The summed E-state index contributed by atoms with van der Waals surface area (Å²) in [6.45, 7) is -2.36. The highest BCUT2D eigenvalue weighted by atomic mass is 19.4. The van der Waals surface area contributed by atoms with E-state index in [2.05, 4.69) is 30.0 Å². The van der Waals surface area contributed by atoms with Crippen molar-refractivity contribution in [2.45, 2.75) is 38.3 Å². The molecule has 1 saturated heterocycles. The van der Waals surface area contributed by atoms with Crippen LogP contribution < -0.4 is 10.2 Å². The van der Waals surface area contributed by atoms with Crippen molar-refractivity contribution < 1.29 is 26.7 Å². The van der Waals surface area contributed by atoms with Crippen molar-refractivity contribution in [1.29, 1.82) is 0 Å². The second-order valence-electron chi connectivity index (χ2n) is 7.22. The number of alkyl halides is 5. The first-order chi connectivity index (χ1) is 15.3. The van der Waals surface area contributed by atoms with Gasteiger partial charge in [-0.1, -0.05) is 6.07 Å². The maximum absolute atomic E-state index is 13.3. The first-order valence-corrected chi connectivity index (χ1v) is 9.87. The van der Waals surface area contributed by atoms with E-state index in [9.17, 15) is 22.0 Å². The van der Waals surface area contributed by atoms with Gasteiger partial charge in [-0.25, -0.2) is 4.98 Å². The Bertz CT molecular complexity index is 1080. The van der Waals surface area contributed by atoms with Crippen molar-refractivity contribution in [3.8, 4) is 0 Å². The van der Waals surface area contributed by atoms with Crippen molar-refractivity contribution in [3.63, 3.8) is 0 Å². The standard InChI is InChI=1S/C20H19F5N6O/c21-18(22)32-13-5-3-9-31(11-13)19-29-16-14(6-2-8-27-16)17(30-19)28-10-12-4-1-7-26-15(12)20(23,24)25/h1-2,4,6-8,13,18H,3,5,9-11H2,(H,27,28,29,30). The molecule has 3 aromatic heterocycles. The summed E-state index contributed by atoms with van der Waals surface area (Å²) >= 11 is 0. The number of piperidine rings is 1. The maximum Gasteiger partial charge on any atom is 0.433 e. The van der Waals surface area contributed by atoms with E-state index in [1.807, 2.05) is 0 Å². The number of rotatable bonds is 6. The van der Waals surface area contributed by atoms with Crippen molar-refractivity contribution >= 4 is 22.8 Å². The Hall–Kier alpha value is -3.15. The normalized spacial score (nSPS) is 17.2. The fraction of sp³-hybridized carbons (Fsp3) is 0.400. The Morgan fingerprint density at radius 1 is 1.12 bits per heavy atom. The molecule has 0 amide bonds. The first kappa shape index (κ1) is 22.1. The maximum atomic E-state index is 13.3. The Kier molecular flexibility index (Phi) is 6.31. The number of anilines is 2. The van der Waals surface area contributed by atoms with Gasteiger partial charge in [0, 0.05) is 37.6 Å². The number of ether oxygens (including phenoxy) is 1. The van der Waals surface area contributed by atoms with Crippen LogP contribution >= 0.6 is 0 Å². The summed E-state index contributed by atoms with van der Waals surface area (Å²) in [6, 6.07) is 6.12. The minimum Gasteiger partial charge on any atom is -0.365 e. The SMILES string of the molecule is FC(F)OC1CCCN(c2nc(NCc3cccnc3C(F)(F)F)c3cccnc3n2)C1. The highest BCUT2D eigenvalue weighted by Crippen LogP contribution is 2.31. The summed E-state index contributed by atoms with van der Waals surface area (Å²) in [5.41, 5.74) is -0.688. The fourth-order valence-corrected chi connectivity index (χ4v) is 3.62. The fourth-order valence-electron chi connectivity index (χ4n) is 3.62. The summed E-state index contributed by atoms with van der Waals surface area (Å²) in [7, 11) is 0. The number of pyridine rings is 2. The van der Waals surface area contributed by atoms with Crippen LogP contribution in [0.5, 0.6) is 0 Å². The molecule has 1 fully saturated rings.